The molecule has 0 aliphatic carbocycles. The lowest BCUT2D eigenvalue weighted by atomic mass is 9.75. The molecule has 0 bridgehead atoms. The zero-order chi connectivity index (χ0) is 13.0. The van der Waals surface area contributed by atoms with Gasteiger partial charge in [-0.1, -0.05) is 12.1 Å². The molecular weight excluding hydrogens is 224 g/mol. The Morgan fingerprint density at radius 2 is 2.12 bits per heavy atom. The molecule has 17 heavy (non-hydrogen) atoms. The van der Waals surface area contributed by atoms with Crippen molar-refractivity contribution in [1.29, 1.82) is 0 Å². The van der Waals surface area contributed by atoms with E-state index in [-0.39, 0.29) is 11.9 Å². The average molecular weight is 239 g/mol. The van der Waals surface area contributed by atoms with Crippen LogP contribution in [0.15, 0.2) is 18.2 Å². The first-order valence-electron chi connectivity index (χ1n) is 5.28. The van der Waals surface area contributed by atoms with Crippen LogP contribution >= 0.6 is 0 Å². The molecule has 0 saturated heterocycles. The van der Waals surface area contributed by atoms with Crippen molar-refractivity contribution < 1.29 is 18.5 Å². The highest BCUT2D eigenvalue weighted by Crippen LogP contribution is 2.06. The molecular formula is C11H15BFNO3. The molecule has 6 heteroatoms. The third-order valence-corrected chi connectivity index (χ3v) is 2.18. The number of rotatable bonds is 4. The van der Waals surface area contributed by atoms with Crippen LogP contribution in [0.25, 0.3) is 0 Å². The van der Waals surface area contributed by atoms with Gasteiger partial charge in [0, 0.05) is 11.6 Å². The van der Waals surface area contributed by atoms with Crippen LogP contribution < -0.4 is 11.2 Å². The Hall–Kier alpha value is -1.56. The molecule has 0 spiro atoms. The SMILES string of the molecule is Cc1c(F)cccc1B(OC(N)=O)OC(C)C. The van der Waals surface area contributed by atoms with E-state index >= 15 is 0 Å². The molecule has 1 rings (SSSR count). The predicted octanol–water partition coefficient (Wildman–Crippen LogP) is 1.35. The van der Waals surface area contributed by atoms with E-state index in [4.69, 9.17) is 15.0 Å². The highest BCUT2D eigenvalue weighted by Gasteiger charge is 2.29. The molecule has 0 aliphatic rings. The summed E-state index contributed by atoms with van der Waals surface area (Å²) in [5.74, 6) is -0.382. The van der Waals surface area contributed by atoms with E-state index < -0.39 is 13.2 Å². The fourth-order valence-corrected chi connectivity index (χ4v) is 1.40. The summed E-state index contributed by atoms with van der Waals surface area (Å²) in [6, 6.07) is 4.49. The Bertz CT molecular complexity index is 412. The number of benzene rings is 1. The van der Waals surface area contributed by atoms with Gasteiger partial charge in [-0.05, 0) is 32.4 Å². The first kappa shape index (κ1) is 13.5. The molecule has 0 aromatic heterocycles. The molecule has 4 nitrogen and oxygen atoms in total. The molecule has 0 unspecified atom stereocenters. The number of amides is 1. The van der Waals surface area contributed by atoms with E-state index in [1.54, 1.807) is 26.8 Å². The van der Waals surface area contributed by atoms with Gasteiger partial charge in [0.2, 0.25) is 0 Å². The number of nitrogens with two attached hydrogens (primary N) is 1. The van der Waals surface area contributed by atoms with Gasteiger partial charge in [-0.15, -0.1) is 0 Å². The number of hydrogen-bond donors (Lipinski definition) is 1. The van der Waals surface area contributed by atoms with E-state index in [9.17, 15) is 9.18 Å². The Balaban J connectivity index is 3.03. The molecule has 0 fully saturated rings. The lowest BCUT2D eigenvalue weighted by Gasteiger charge is -2.17. The van der Waals surface area contributed by atoms with Crippen molar-refractivity contribution in [3.8, 4) is 0 Å². The van der Waals surface area contributed by atoms with Crippen LogP contribution in [0, 0.1) is 12.7 Å². The van der Waals surface area contributed by atoms with Crippen LogP contribution in [0.4, 0.5) is 9.18 Å². The smallest absolute Gasteiger partial charge is 0.489 e. The Morgan fingerprint density at radius 3 is 2.65 bits per heavy atom. The number of carbonyl (C=O) groups excluding carboxylic acids is 1. The maximum absolute atomic E-state index is 13.4. The number of carbonyl (C=O) groups is 1. The lowest BCUT2D eigenvalue weighted by molar-refractivity contribution is 0.170. The molecule has 1 aromatic rings. The Kier molecular flexibility index (Phi) is 4.51. The minimum atomic E-state index is -0.983. The monoisotopic (exact) mass is 239 g/mol. The third kappa shape index (κ3) is 3.74. The minimum Gasteiger partial charge on any atom is -0.489 e. The van der Waals surface area contributed by atoms with Gasteiger partial charge in [-0.3, -0.25) is 0 Å². The summed E-state index contributed by atoms with van der Waals surface area (Å²) < 4.78 is 23.6. The Morgan fingerprint density at radius 1 is 1.47 bits per heavy atom. The van der Waals surface area contributed by atoms with Crippen LogP contribution in [0.1, 0.15) is 19.4 Å². The summed E-state index contributed by atoms with van der Waals surface area (Å²) in [6.45, 7) is 5.16. The van der Waals surface area contributed by atoms with Gasteiger partial charge in [0.25, 0.3) is 0 Å². The van der Waals surface area contributed by atoms with Crippen molar-refractivity contribution in [3.63, 3.8) is 0 Å². The molecule has 0 atom stereocenters. The largest absolute Gasteiger partial charge is 0.566 e. The van der Waals surface area contributed by atoms with Crippen LogP contribution in [0.3, 0.4) is 0 Å². The topological polar surface area (TPSA) is 61.5 Å². The molecule has 0 radical (unpaired) electrons. The van der Waals surface area contributed by atoms with Crippen molar-refractivity contribution in [2.75, 3.05) is 0 Å². The Labute approximate surface area is 100 Å². The second-order valence-corrected chi connectivity index (χ2v) is 3.91. The molecule has 0 aliphatic heterocycles. The normalized spacial score (nSPS) is 10.4. The fraction of sp³-hybridized carbons (Fsp3) is 0.364. The van der Waals surface area contributed by atoms with E-state index in [0.717, 1.165) is 0 Å². The lowest BCUT2D eigenvalue weighted by Crippen LogP contribution is -2.43. The summed E-state index contributed by atoms with van der Waals surface area (Å²) in [7, 11) is -0.983. The molecule has 0 saturated carbocycles. The highest BCUT2D eigenvalue weighted by molar-refractivity contribution is 6.63. The number of hydrogen-bond acceptors (Lipinski definition) is 3. The number of primary amides is 1. The standard InChI is InChI=1S/C11H15BFNO3/c1-7(2)16-12(17-11(14)15)9-5-4-6-10(13)8(9)3/h4-7H,1-3H3,(H2,14,15). The van der Waals surface area contributed by atoms with Crippen LogP contribution in [-0.2, 0) is 9.31 Å². The fourth-order valence-electron chi connectivity index (χ4n) is 1.40. The predicted molar refractivity (Wildman–Crippen MR) is 63.4 cm³/mol. The van der Waals surface area contributed by atoms with Crippen molar-refractivity contribution in [2.24, 2.45) is 5.73 Å². The zero-order valence-corrected chi connectivity index (χ0v) is 10.1. The summed E-state index contributed by atoms with van der Waals surface area (Å²) in [5, 5.41) is 0. The van der Waals surface area contributed by atoms with Gasteiger partial charge in [-0.25, -0.2) is 9.18 Å². The van der Waals surface area contributed by atoms with Gasteiger partial charge in [0.05, 0.1) is 0 Å². The number of halogens is 1. The van der Waals surface area contributed by atoms with Crippen molar-refractivity contribution in [1.82, 2.24) is 0 Å². The van der Waals surface area contributed by atoms with Gasteiger partial charge in [0.15, 0.2) is 0 Å². The van der Waals surface area contributed by atoms with Gasteiger partial charge in [-0.2, -0.15) is 0 Å². The molecule has 92 valence electrons. The average Bonchev–Trinajstić information content (AvgIpc) is 2.19. The van der Waals surface area contributed by atoms with Crippen molar-refractivity contribution in [2.45, 2.75) is 26.9 Å². The molecule has 1 amide bonds. The van der Waals surface area contributed by atoms with Crippen molar-refractivity contribution in [3.05, 3.63) is 29.6 Å². The maximum Gasteiger partial charge on any atom is 0.566 e. The maximum atomic E-state index is 13.4. The van der Waals surface area contributed by atoms with Crippen molar-refractivity contribution >= 4 is 18.7 Å². The van der Waals surface area contributed by atoms with E-state index in [0.29, 0.717) is 11.0 Å². The van der Waals surface area contributed by atoms with Crippen LogP contribution in [0.2, 0.25) is 0 Å². The summed E-state index contributed by atoms with van der Waals surface area (Å²) in [4.78, 5) is 10.8. The molecule has 0 heterocycles. The minimum absolute atomic E-state index is 0.179. The van der Waals surface area contributed by atoms with Gasteiger partial charge >= 0.3 is 13.2 Å². The third-order valence-electron chi connectivity index (χ3n) is 2.18. The first-order chi connectivity index (χ1) is 7.91. The van der Waals surface area contributed by atoms with E-state index in [2.05, 4.69) is 0 Å². The second-order valence-electron chi connectivity index (χ2n) is 3.91. The van der Waals surface area contributed by atoms with E-state index in [1.165, 1.54) is 12.1 Å². The van der Waals surface area contributed by atoms with E-state index in [1.807, 2.05) is 0 Å². The summed E-state index contributed by atoms with van der Waals surface area (Å²) in [5.41, 5.74) is 5.79. The second kappa shape index (κ2) is 5.68. The molecule has 2 N–H and O–H groups in total. The molecule has 1 aromatic carbocycles. The van der Waals surface area contributed by atoms with Gasteiger partial charge < -0.3 is 15.0 Å². The first-order valence-corrected chi connectivity index (χ1v) is 5.28. The summed E-state index contributed by atoms with van der Waals surface area (Å²) >= 11 is 0. The quantitative estimate of drug-likeness (QED) is 0.806. The van der Waals surface area contributed by atoms with Crippen LogP contribution in [0.5, 0.6) is 0 Å². The van der Waals surface area contributed by atoms with Crippen LogP contribution in [-0.4, -0.2) is 19.3 Å². The summed E-state index contributed by atoms with van der Waals surface area (Å²) in [6.07, 6.45) is -1.14. The highest BCUT2D eigenvalue weighted by atomic mass is 19.1. The van der Waals surface area contributed by atoms with Gasteiger partial charge in [0.1, 0.15) is 5.82 Å². The zero-order valence-electron chi connectivity index (χ0n) is 10.1.